The molecule has 2 amide bonds. The average molecular weight is 330 g/mol. The van der Waals surface area contributed by atoms with Gasteiger partial charge in [0.05, 0.1) is 12.7 Å². The van der Waals surface area contributed by atoms with E-state index >= 15 is 0 Å². The number of piperidine rings is 1. The minimum atomic E-state index is -0.382. The van der Waals surface area contributed by atoms with Crippen molar-refractivity contribution >= 4 is 17.5 Å². The standard InChI is InChI=1S/C17H19FN4O2/c18-13-2-1-3-14(8-13)21-17(24)12-4-6-22(7-5-12)16(23)9-15-10-19-11-20-15/h1-3,8,10-12H,4-7,9H2,(H,19,20)(H,21,24). The molecule has 1 aliphatic rings. The first-order valence-electron chi connectivity index (χ1n) is 7.93. The molecule has 0 spiro atoms. The van der Waals surface area contributed by atoms with Crippen molar-refractivity contribution in [3.8, 4) is 0 Å². The van der Waals surface area contributed by atoms with Crippen molar-refractivity contribution in [2.24, 2.45) is 5.92 Å². The lowest BCUT2D eigenvalue weighted by molar-refractivity contribution is -0.133. The summed E-state index contributed by atoms with van der Waals surface area (Å²) < 4.78 is 13.2. The molecule has 126 valence electrons. The number of nitrogens with zero attached hydrogens (tertiary/aromatic N) is 2. The Morgan fingerprint density at radius 1 is 1.33 bits per heavy atom. The zero-order valence-corrected chi connectivity index (χ0v) is 13.2. The number of anilines is 1. The summed E-state index contributed by atoms with van der Waals surface area (Å²) in [6.07, 6.45) is 4.69. The van der Waals surface area contributed by atoms with Crippen LogP contribution in [-0.4, -0.2) is 39.8 Å². The van der Waals surface area contributed by atoms with E-state index in [1.165, 1.54) is 12.1 Å². The van der Waals surface area contributed by atoms with Crippen LogP contribution in [-0.2, 0) is 16.0 Å². The number of likely N-dealkylation sites (tertiary alicyclic amines) is 1. The Bertz CT molecular complexity index is 709. The van der Waals surface area contributed by atoms with Gasteiger partial charge in [0.15, 0.2) is 0 Å². The maximum Gasteiger partial charge on any atom is 0.228 e. The van der Waals surface area contributed by atoms with Crippen LogP contribution in [0.15, 0.2) is 36.8 Å². The minimum absolute atomic E-state index is 0.0308. The van der Waals surface area contributed by atoms with Crippen molar-refractivity contribution in [1.29, 1.82) is 0 Å². The number of nitrogens with one attached hydrogen (secondary N) is 2. The molecule has 1 aromatic heterocycles. The third-order valence-corrected chi connectivity index (χ3v) is 4.21. The molecule has 0 radical (unpaired) electrons. The van der Waals surface area contributed by atoms with Crippen molar-refractivity contribution in [2.75, 3.05) is 18.4 Å². The Morgan fingerprint density at radius 2 is 2.12 bits per heavy atom. The lowest BCUT2D eigenvalue weighted by Crippen LogP contribution is -2.42. The Kier molecular flexibility index (Phi) is 4.88. The van der Waals surface area contributed by atoms with E-state index < -0.39 is 0 Å². The molecule has 24 heavy (non-hydrogen) atoms. The summed E-state index contributed by atoms with van der Waals surface area (Å²) in [7, 11) is 0. The number of imidazole rings is 1. The van der Waals surface area contributed by atoms with E-state index in [-0.39, 0.29) is 23.5 Å². The fraction of sp³-hybridized carbons (Fsp3) is 0.353. The van der Waals surface area contributed by atoms with E-state index in [1.807, 2.05) is 0 Å². The summed E-state index contributed by atoms with van der Waals surface area (Å²) >= 11 is 0. The van der Waals surface area contributed by atoms with Crippen LogP contribution in [0.2, 0.25) is 0 Å². The molecular formula is C17H19FN4O2. The molecular weight excluding hydrogens is 311 g/mol. The molecule has 6 nitrogen and oxygen atoms in total. The Morgan fingerprint density at radius 3 is 2.79 bits per heavy atom. The highest BCUT2D eigenvalue weighted by Crippen LogP contribution is 2.20. The quantitative estimate of drug-likeness (QED) is 0.900. The first-order chi connectivity index (χ1) is 11.6. The zero-order chi connectivity index (χ0) is 16.9. The Balaban J connectivity index is 1.49. The number of carbonyl (C=O) groups excluding carboxylic acids is 2. The van der Waals surface area contributed by atoms with Gasteiger partial charge in [0.25, 0.3) is 0 Å². The van der Waals surface area contributed by atoms with E-state index in [0.29, 0.717) is 38.0 Å². The van der Waals surface area contributed by atoms with Crippen LogP contribution in [0.25, 0.3) is 0 Å². The summed E-state index contributed by atoms with van der Waals surface area (Å²) in [6.45, 7) is 1.10. The maximum atomic E-state index is 13.2. The normalized spacial score (nSPS) is 15.3. The van der Waals surface area contributed by atoms with Crippen LogP contribution in [0.5, 0.6) is 0 Å². The molecule has 2 N–H and O–H groups in total. The number of carbonyl (C=O) groups is 2. The van der Waals surface area contributed by atoms with Crippen molar-refractivity contribution in [3.63, 3.8) is 0 Å². The van der Waals surface area contributed by atoms with E-state index in [9.17, 15) is 14.0 Å². The summed E-state index contributed by atoms with van der Waals surface area (Å²) in [5.74, 6) is -0.638. The monoisotopic (exact) mass is 330 g/mol. The smallest absolute Gasteiger partial charge is 0.228 e. The third kappa shape index (κ3) is 3.98. The predicted octanol–water partition coefficient (Wildman–Crippen LogP) is 1.97. The molecule has 1 aliphatic heterocycles. The van der Waals surface area contributed by atoms with Crippen molar-refractivity contribution in [3.05, 3.63) is 48.3 Å². The van der Waals surface area contributed by atoms with Gasteiger partial charge < -0.3 is 15.2 Å². The molecule has 0 saturated carbocycles. The van der Waals surface area contributed by atoms with E-state index in [4.69, 9.17) is 0 Å². The summed E-state index contributed by atoms with van der Waals surface area (Å²) in [6, 6.07) is 5.84. The second-order valence-corrected chi connectivity index (χ2v) is 5.91. The van der Waals surface area contributed by atoms with Crippen LogP contribution in [0.1, 0.15) is 18.5 Å². The minimum Gasteiger partial charge on any atom is -0.348 e. The van der Waals surface area contributed by atoms with E-state index in [2.05, 4.69) is 15.3 Å². The van der Waals surface area contributed by atoms with Crippen LogP contribution in [0.4, 0.5) is 10.1 Å². The molecule has 1 aromatic carbocycles. The Hall–Kier alpha value is -2.70. The molecule has 0 aliphatic carbocycles. The molecule has 3 rings (SSSR count). The SMILES string of the molecule is O=C(Nc1cccc(F)c1)C1CCN(C(=O)Cc2cnc[nH]2)CC1. The third-order valence-electron chi connectivity index (χ3n) is 4.21. The number of aromatic nitrogens is 2. The average Bonchev–Trinajstić information content (AvgIpc) is 3.08. The van der Waals surface area contributed by atoms with Gasteiger partial charge in [-0.25, -0.2) is 9.37 Å². The number of rotatable bonds is 4. The van der Waals surface area contributed by atoms with Gasteiger partial charge in [0.1, 0.15) is 5.82 Å². The highest BCUT2D eigenvalue weighted by Gasteiger charge is 2.27. The topological polar surface area (TPSA) is 78.1 Å². The number of benzene rings is 1. The first kappa shape index (κ1) is 16.2. The van der Waals surface area contributed by atoms with Crippen molar-refractivity contribution < 1.29 is 14.0 Å². The molecule has 0 unspecified atom stereocenters. The first-order valence-corrected chi connectivity index (χ1v) is 7.93. The van der Waals surface area contributed by atoms with Gasteiger partial charge in [-0.1, -0.05) is 6.07 Å². The molecule has 1 saturated heterocycles. The van der Waals surface area contributed by atoms with E-state index in [0.717, 1.165) is 5.69 Å². The summed E-state index contributed by atoms with van der Waals surface area (Å²) in [5, 5.41) is 2.74. The fourth-order valence-electron chi connectivity index (χ4n) is 2.86. The molecule has 0 atom stereocenters. The van der Waals surface area contributed by atoms with Crippen LogP contribution in [0, 0.1) is 11.7 Å². The molecule has 2 aromatic rings. The maximum absolute atomic E-state index is 13.2. The number of amides is 2. The molecule has 2 heterocycles. The largest absolute Gasteiger partial charge is 0.348 e. The Labute approximate surface area is 139 Å². The predicted molar refractivity (Wildman–Crippen MR) is 86.6 cm³/mol. The molecule has 1 fully saturated rings. The summed E-state index contributed by atoms with van der Waals surface area (Å²) in [5.41, 5.74) is 1.24. The number of halogens is 1. The van der Waals surface area contributed by atoms with Crippen LogP contribution < -0.4 is 5.32 Å². The second-order valence-electron chi connectivity index (χ2n) is 5.91. The fourth-order valence-corrected chi connectivity index (χ4v) is 2.86. The van der Waals surface area contributed by atoms with Crippen molar-refractivity contribution in [1.82, 2.24) is 14.9 Å². The highest BCUT2D eigenvalue weighted by atomic mass is 19.1. The highest BCUT2D eigenvalue weighted by molar-refractivity contribution is 5.92. The van der Waals surface area contributed by atoms with Gasteiger partial charge >= 0.3 is 0 Å². The van der Waals surface area contributed by atoms with Gasteiger partial charge in [-0.2, -0.15) is 0 Å². The second kappa shape index (κ2) is 7.25. The van der Waals surface area contributed by atoms with Gasteiger partial charge in [-0.3, -0.25) is 9.59 Å². The molecule has 0 bridgehead atoms. The molecule has 7 heteroatoms. The number of hydrogen-bond donors (Lipinski definition) is 2. The summed E-state index contributed by atoms with van der Waals surface area (Å²) in [4.78, 5) is 33.0. The van der Waals surface area contributed by atoms with Crippen LogP contribution in [0.3, 0.4) is 0 Å². The van der Waals surface area contributed by atoms with E-state index in [1.54, 1.807) is 29.6 Å². The van der Waals surface area contributed by atoms with Gasteiger partial charge in [0.2, 0.25) is 11.8 Å². The zero-order valence-electron chi connectivity index (χ0n) is 13.2. The van der Waals surface area contributed by atoms with Crippen molar-refractivity contribution in [2.45, 2.75) is 19.3 Å². The van der Waals surface area contributed by atoms with Gasteiger partial charge in [-0.15, -0.1) is 0 Å². The lowest BCUT2D eigenvalue weighted by atomic mass is 9.95. The lowest BCUT2D eigenvalue weighted by Gasteiger charge is -2.31. The van der Waals surface area contributed by atoms with Crippen LogP contribution >= 0.6 is 0 Å². The number of hydrogen-bond acceptors (Lipinski definition) is 3. The number of H-pyrrole nitrogens is 1. The van der Waals surface area contributed by atoms with Gasteiger partial charge in [-0.05, 0) is 31.0 Å². The number of aromatic amines is 1. The van der Waals surface area contributed by atoms with Gasteiger partial charge in [0, 0.05) is 36.6 Å².